The molecule has 3 atom stereocenters. The highest BCUT2D eigenvalue weighted by atomic mass is 31.2. The van der Waals surface area contributed by atoms with Gasteiger partial charge in [-0.3, -0.25) is 9.36 Å². The lowest BCUT2D eigenvalue weighted by atomic mass is 10.1. The normalized spacial score (nSPS) is 15.2. The maximum absolute atomic E-state index is 12.9. The number of phosphoric acid groups is 1. The minimum Gasteiger partial charge on any atom is -0.756 e. The van der Waals surface area contributed by atoms with Gasteiger partial charge in [-0.15, -0.1) is 0 Å². The first-order valence-electron chi connectivity index (χ1n) is 25.0. The molecule has 0 aliphatic rings. The van der Waals surface area contributed by atoms with Crippen LogP contribution in [0.25, 0.3) is 0 Å². The molecule has 1 amide bonds. The third kappa shape index (κ3) is 48.4. The first-order chi connectivity index (χ1) is 31.5. The quantitative estimate of drug-likeness (QED) is 0.0273. The molecule has 3 unspecified atom stereocenters. The Labute approximate surface area is 398 Å². The predicted octanol–water partition coefficient (Wildman–Crippen LogP) is 14.2. The fourth-order valence-corrected chi connectivity index (χ4v) is 6.85. The monoisotopic (exact) mass is 921 g/mol. The van der Waals surface area contributed by atoms with E-state index in [9.17, 15) is 19.4 Å². The number of amides is 1. The molecule has 0 aliphatic heterocycles. The van der Waals surface area contributed by atoms with Gasteiger partial charge in [0.2, 0.25) is 5.91 Å². The number of unbranched alkanes of at least 4 members (excludes halogenated alkanes) is 10. The average Bonchev–Trinajstić information content (AvgIpc) is 3.26. The zero-order valence-corrected chi connectivity index (χ0v) is 42.5. The Morgan fingerprint density at radius 3 is 1.43 bits per heavy atom. The molecular formula is C56H93N2O6P. The van der Waals surface area contributed by atoms with Crippen molar-refractivity contribution in [2.75, 3.05) is 40.9 Å². The molecule has 0 saturated carbocycles. The lowest BCUT2D eigenvalue weighted by molar-refractivity contribution is -0.870. The SMILES string of the molecule is CC/C=C\C/C=C\C/C=C\C/C=C\C/C=C\C/C=C\C/C=C\C/C=C\CCCCCCCCC(=O)NC(COP(=O)([O-])OCC[N+](C)(C)C)C(O)/C=C/CC/C=C/CC/C=C/CCCC. The van der Waals surface area contributed by atoms with Crippen molar-refractivity contribution in [3.63, 3.8) is 0 Å². The van der Waals surface area contributed by atoms with E-state index in [0.717, 1.165) is 128 Å². The summed E-state index contributed by atoms with van der Waals surface area (Å²) in [5.41, 5.74) is 0. The van der Waals surface area contributed by atoms with Crippen molar-refractivity contribution < 1.29 is 32.9 Å². The van der Waals surface area contributed by atoms with Crippen LogP contribution in [0.3, 0.4) is 0 Å². The molecule has 0 spiro atoms. The summed E-state index contributed by atoms with van der Waals surface area (Å²) in [4.78, 5) is 25.3. The number of hydrogen-bond acceptors (Lipinski definition) is 6. The third-order valence-electron chi connectivity index (χ3n) is 10.1. The second kappa shape index (κ2) is 45.8. The number of nitrogens with one attached hydrogen (secondary N) is 1. The number of carbonyl (C=O) groups is 1. The Hall–Kier alpha value is -3.36. The number of hydrogen-bond donors (Lipinski definition) is 2. The summed E-state index contributed by atoms with van der Waals surface area (Å²) in [6, 6.07) is -0.927. The van der Waals surface area contributed by atoms with Gasteiger partial charge in [0.05, 0.1) is 39.9 Å². The van der Waals surface area contributed by atoms with Crippen LogP contribution in [0, 0.1) is 0 Å². The maximum atomic E-state index is 12.9. The van der Waals surface area contributed by atoms with E-state index in [2.05, 4.69) is 141 Å². The predicted molar refractivity (Wildman–Crippen MR) is 278 cm³/mol. The number of allylic oxidation sites excluding steroid dienone is 21. The summed E-state index contributed by atoms with van der Waals surface area (Å²) in [7, 11) is 1.20. The molecule has 65 heavy (non-hydrogen) atoms. The van der Waals surface area contributed by atoms with Crippen molar-refractivity contribution in [2.24, 2.45) is 0 Å². The highest BCUT2D eigenvalue weighted by molar-refractivity contribution is 7.45. The van der Waals surface area contributed by atoms with E-state index in [0.29, 0.717) is 17.4 Å². The van der Waals surface area contributed by atoms with Gasteiger partial charge in [-0.25, -0.2) is 0 Å². The number of rotatable bonds is 43. The van der Waals surface area contributed by atoms with Gasteiger partial charge in [-0.05, 0) is 103 Å². The molecule has 0 aromatic carbocycles. The Morgan fingerprint density at radius 1 is 0.554 bits per heavy atom. The fourth-order valence-electron chi connectivity index (χ4n) is 6.12. The first kappa shape index (κ1) is 61.6. The number of aliphatic hydroxyl groups excluding tert-OH is 1. The maximum Gasteiger partial charge on any atom is 0.268 e. The Morgan fingerprint density at radius 2 is 0.954 bits per heavy atom. The van der Waals surface area contributed by atoms with Crippen molar-refractivity contribution in [1.29, 1.82) is 0 Å². The van der Waals surface area contributed by atoms with Crippen LogP contribution in [-0.4, -0.2) is 68.5 Å². The molecule has 9 heteroatoms. The summed E-state index contributed by atoms with van der Waals surface area (Å²) in [6.45, 7) is 4.40. The number of phosphoric ester groups is 1. The van der Waals surface area contributed by atoms with E-state index in [1.165, 1.54) is 12.8 Å². The van der Waals surface area contributed by atoms with Crippen molar-refractivity contribution in [1.82, 2.24) is 5.32 Å². The van der Waals surface area contributed by atoms with E-state index >= 15 is 0 Å². The van der Waals surface area contributed by atoms with E-state index in [1.807, 2.05) is 27.2 Å². The van der Waals surface area contributed by atoms with Gasteiger partial charge in [0, 0.05) is 6.42 Å². The molecule has 0 heterocycles. The van der Waals surface area contributed by atoms with Crippen LogP contribution in [0.15, 0.2) is 134 Å². The summed E-state index contributed by atoms with van der Waals surface area (Å²) in [6.07, 6.45) is 69.5. The zero-order chi connectivity index (χ0) is 47.8. The number of likely N-dealkylation sites (N-methyl/N-ethyl adjacent to an activating group) is 1. The van der Waals surface area contributed by atoms with Crippen LogP contribution in [0.4, 0.5) is 0 Å². The minimum atomic E-state index is -4.61. The second-order valence-corrected chi connectivity index (χ2v) is 18.8. The Bertz CT molecular complexity index is 1510. The minimum absolute atomic E-state index is 0.0203. The molecule has 0 rings (SSSR count). The van der Waals surface area contributed by atoms with Gasteiger partial charge in [0.25, 0.3) is 7.82 Å². The van der Waals surface area contributed by atoms with E-state index in [1.54, 1.807) is 6.08 Å². The lowest BCUT2D eigenvalue weighted by Gasteiger charge is -2.29. The molecule has 0 aromatic rings. The van der Waals surface area contributed by atoms with Gasteiger partial charge >= 0.3 is 0 Å². The molecule has 8 nitrogen and oxygen atoms in total. The van der Waals surface area contributed by atoms with Crippen LogP contribution in [-0.2, 0) is 18.4 Å². The van der Waals surface area contributed by atoms with Gasteiger partial charge < -0.3 is 28.8 Å². The highest BCUT2D eigenvalue weighted by Gasteiger charge is 2.23. The second-order valence-electron chi connectivity index (χ2n) is 17.4. The van der Waals surface area contributed by atoms with Crippen LogP contribution in [0.5, 0.6) is 0 Å². The van der Waals surface area contributed by atoms with Crippen molar-refractivity contribution in [3.8, 4) is 0 Å². The van der Waals surface area contributed by atoms with E-state index in [-0.39, 0.29) is 12.5 Å². The van der Waals surface area contributed by atoms with Crippen molar-refractivity contribution in [2.45, 2.75) is 174 Å². The highest BCUT2D eigenvalue weighted by Crippen LogP contribution is 2.38. The summed E-state index contributed by atoms with van der Waals surface area (Å²) in [5, 5.41) is 13.7. The molecule has 0 fully saturated rings. The lowest BCUT2D eigenvalue weighted by Crippen LogP contribution is -2.45. The number of aliphatic hydroxyl groups is 1. The van der Waals surface area contributed by atoms with Crippen LogP contribution in [0.2, 0.25) is 0 Å². The summed E-state index contributed by atoms with van der Waals surface area (Å²) in [5.74, 6) is -0.235. The topological polar surface area (TPSA) is 108 Å². The van der Waals surface area contributed by atoms with Crippen LogP contribution >= 0.6 is 7.82 Å². The Kier molecular flexibility index (Phi) is 43.4. The Balaban J connectivity index is 4.31. The molecule has 2 N–H and O–H groups in total. The number of carbonyl (C=O) groups excluding carboxylic acids is 1. The summed E-state index contributed by atoms with van der Waals surface area (Å²) < 4.78 is 23.2. The molecule has 0 aromatic heterocycles. The number of nitrogens with zero attached hydrogens (tertiary/aromatic N) is 1. The third-order valence-corrected chi connectivity index (χ3v) is 11.0. The standard InChI is InChI=1S/C56H93N2O6P/c1-6-8-10-12-14-16-18-20-21-22-23-24-25-26-27-28-29-30-31-32-33-34-35-36-37-38-40-42-44-46-48-50-56(60)57-54(53-64-65(61,62)63-52-51-58(3,4)5)55(59)49-47-45-43-41-39-19-17-15-13-11-9-7-2/h8,10,13-16,20-21,23-24,26-27,29-30,32-33,35-36,39,41,47,49,54-55,59H,6-7,9,11-12,17-19,22,25,28,31,34,37-38,40,42-46,48,50-53H2,1-5H3,(H-,57,60,61,62)/b10-8-,15-13+,16-14-,21-20-,24-23-,27-26-,30-29-,33-32-,36-35-,41-39+,49-47+. The average molecular weight is 921 g/mol. The smallest absolute Gasteiger partial charge is 0.268 e. The van der Waals surface area contributed by atoms with Gasteiger partial charge in [0.1, 0.15) is 13.2 Å². The summed E-state index contributed by atoms with van der Waals surface area (Å²) >= 11 is 0. The van der Waals surface area contributed by atoms with Crippen LogP contribution in [0.1, 0.15) is 162 Å². The van der Waals surface area contributed by atoms with Crippen molar-refractivity contribution in [3.05, 3.63) is 134 Å². The molecule has 0 aliphatic carbocycles. The van der Waals surface area contributed by atoms with Crippen LogP contribution < -0.4 is 10.2 Å². The molecule has 0 radical (unpaired) electrons. The molecule has 0 saturated heterocycles. The zero-order valence-electron chi connectivity index (χ0n) is 41.6. The van der Waals surface area contributed by atoms with Crippen molar-refractivity contribution >= 4 is 13.7 Å². The molecule has 0 bridgehead atoms. The number of quaternary nitrogens is 1. The van der Waals surface area contributed by atoms with Gasteiger partial charge in [-0.1, -0.05) is 186 Å². The van der Waals surface area contributed by atoms with E-state index < -0.39 is 26.6 Å². The van der Waals surface area contributed by atoms with E-state index in [4.69, 9.17) is 9.05 Å². The first-order valence-corrected chi connectivity index (χ1v) is 26.5. The molecule has 368 valence electrons. The molecular weight excluding hydrogens is 828 g/mol. The largest absolute Gasteiger partial charge is 0.756 e. The van der Waals surface area contributed by atoms with Gasteiger partial charge in [0.15, 0.2) is 0 Å². The van der Waals surface area contributed by atoms with Gasteiger partial charge in [-0.2, -0.15) is 0 Å². The fraction of sp³-hybridized carbons (Fsp3) is 0.589.